The SMILES string of the molecule is CCC(CCCl)CNCCCN1CCCC1. The molecule has 1 aliphatic heterocycles. The summed E-state index contributed by atoms with van der Waals surface area (Å²) in [6, 6.07) is 0. The van der Waals surface area contributed by atoms with E-state index >= 15 is 0 Å². The Kier molecular flexibility index (Phi) is 8.26. The molecule has 3 heteroatoms. The Balaban J connectivity index is 1.89. The van der Waals surface area contributed by atoms with Gasteiger partial charge >= 0.3 is 0 Å². The van der Waals surface area contributed by atoms with Crippen molar-refractivity contribution in [1.29, 1.82) is 0 Å². The van der Waals surface area contributed by atoms with E-state index in [4.69, 9.17) is 11.6 Å². The molecule has 96 valence electrons. The normalized spacial score (nSPS) is 19.1. The van der Waals surface area contributed by atoms with Gasteiger partial charge in [0, 0.05) is 5.88 Å². The van der Waals surface area contributed by atoms with Crippen LogP contribution in [0.15, 0.2) is 0 Å². The Hall–Kier alpha value is 0.210. The maximum atomic E-state index is 5.77. The summed E-state index contributed by atoms with van der Waals surface area (Å²) in [6.07, 6.45) is 6.49. The van der Waals surface area contributed by atoms with Crippen molar-refractivity contribution in [3.8, 4) is 0 Å². The average Bonchev–Trinajstić information content (AvgIpc) is 2.80. The van der Waals surface area contributed by atoms with E-state index in [-0.39, 0.29) is 0 Å². The molecular weight excluding hydrogens is 220 g/mol. The smallest absolute Gasteiger partial charge is 0.0226 e. The molecule has 1 heterocycles. The van der Waals surface area contributed by atoms with Gasteiger partial charge in [-0.2, -0.15) is 0 Å². The molecule has 1 aliphatic rings. The minimum atomic E-state index is 0.768. The van der Waals surface area contributed by atoms with E-state index in [9.17, 15) is 0 Å². The zero-order valence-electron chi connectivity index (χ0n) is 10.7. The van der Waals surface area contributed by atoms with Crippen LogP contribution in [0, 0.1) is 5.92 Å². The van der Waals surface area contributed by atoms with Gasteiger partial charge in [0.15, 0.2) is 0 Å². The third kappa shape index (κ3) is 6.07. The molecule has 0 spiro atoms. The van der Waals surface area contributed by atoms with E-state index < -0.39 is 0 Å². The van der Waals surface area contributed by atoms with Crippen LogP contribution in [0.4, 0.5) is 0 Å². The fourth-order valence-electron chi connectivity index (χ4n) is 2.34. The molecule has 0 bridgehead atoms. The van der Waals surface area contributed by atoms with Crippen molar-refractivity contribution in [3.63, 3.8) is 0 Å². The minimum Gasteiger partial charge on any atom is -0.316 e. The van der Waals surface area contributed by atoms with Crippen LogP contribution in [0.25, 0.3) is 0 Å². The van der Waals surface area contributed by atoms with Gasteiger partial charge in [-0.25, -0.2) is 0 Å². The van der Waals surface area contributed by atoms with Gasteiger partial charge in [-0.15, -0.1) is 11.6 Å². The van der Waals surface area contributed by atoms with Crippen LogP contribution in [-0.4, -0.2) is 43.5 Å². The average molecular weight is 247 g/mol. The Morgan fingerprint density at radius 3 is 2.69 bits per heavy atom. The maximum absolute atomic E-state index is 5.77. The molecule has 1 unspecified atom stereocenters. The summed E-state index contributed by atoms with van der Waals surface area (Å²) in [6.45, 7) is 8.48. The van der Waals surface area contributed by atoms with Gasteiger partial charge < -0.3 is 10.2 Å². The highest BCUT2D eigenvalue weighted by Crippen LogP contribution is 2.08. The largest absolute Gasteiger partial charge is 0.316 e. The van der Waals surface area contributed by atoms with Gasteiger partial charge in [-0.1, -0.05) is 13.3 Å². The van der Waals surface area contributed by atoms with Crippen LogP contribution < -0.4 is 5.32 Å². The molecule has 1 fully saturated rings. The number of hydrogen-bond acceptors (Lipinski definition) is 2. The van der Waals surface area contributed by atoms with E-state index in [1.54, 1.807) is 0 Å². The zero-order valence-corrected chi connectivity index (χ0v) is 11.4. The molecule has 0 aromatic carbocycles. The Morgan fingerprint density at radius 2 is 2.06 bits per heavy atom. The summed E-state index contributed by atoms with van der Waals surface area (Å²) in [7, 11) is 0. The molecule has 0 saturated carbocycles. The fraction of sp³-hybridized carbons (Fsp3) is 1.00. The molecule has 0 radical (unpaired) electrons. The van der Waals surface area contributed by atoms with Gasteiger partial charge in [0.2, 0.25) is 0 Å². The zero-order chi connectivity index (χ0) is 11.6. The Morgan fingerprint density at radius 1 is 1.31 bits per heavy atom. The second-order valence-electron chi connectivity index (χ2n) is 4.86. The summed E-state index contributed by atoms with van der Waals surface area (Å²) in [5.74, 6) is 1.57. The summed E-state index contributed by atoms with van der Waals surface area (Å²) >= 11 is 5.77. The van der Waals surface area contributed by atoms with Crippen molar-refractivity contribution in [2.45, 2.75) is 39.0 Å². The van der Waals surface area contributed by atoms with E-state index in [0.29, 0.717) is 0 Å². The highest BCUT2D eigenvalue weighted by atomic mass is 35.5. The molecule has 1 N–H and O–H groups in total. The standard InChI is InChI=1S/C13H27ClN2/c1-2-13(6-7-14)12-15-8-5-11-16-9-3-4-10-16/h13,15H,2-12H2,1H3. The summed E-state index contributed by atoms with van der Waals surface area (Å²) in [4.78, 5) is 2.58. The topological polar surface area (TPSA) is 15.3 Å². The molecular formula is C13H27ClN2. The van der Waals surface area contributed by atoms with Gasteiger partial charge in [0.25, 0.3) is 0 Å². The van der Waals surface area contributed by atoms with Gasteiger partial charge in [-0.05, 0) is 64.3 Å². The quantitative estimate of drug-likeness (QED) is 0.497. The number of likely N-dealkylation sites (tertiary alicyclic amines) is 1. The molecule has 1 atom stereocenters. The molecule has 0 aliphatic carbocycles. The van der Waals surface area contributed by atoms with Crippen LogP contribution in [0.1, 0.15) is 39.0 Å². The number of nitrogens with zero attached hydrogens (tertiary/aromatic N) is 1. The van der Waals surface area contributed by atoms with Crippen LogP contribution in [0.5, 0.6) is 0 Å². The first kappa shape index (κ1) is 14.3. The molecule has 0 aromatic rings. The lowest BCUT2D eigenvalue weighted by atomic mass is 10.0. The van der Waals surface area contributed by atoms with Crippen molar-refractivity contribution < 1.29 is 0 Å². The van der Waals surface area contributed by atoms with E-state index in [0.717, 1.165) is 31.3 Å². The first-order chi connectivity index (χ1) is 7.86. The monoisotopic (exact) mass is 246 g/mol. The number of halogens is 1. The predicted molar refractivity (Wildman–Crippen MR) is 72.3 cm³/mol. The lowest BCUT2D eigenvalue weighted by Gasteiger charge is -2.16. The van der Waals surface area contributed by atoms with Crippen LogP contribution in [-0.2, 0) is 0 Å². The molecule has 1 rings (SSSR count). The predicted octanol–water partition coefficient (Wildman–Crippen LogP) is 2.72. The second-order valence-corrected chi connectivity index (χ2v) is 5.24. The third-order valence-electron chi connectivity index (χ3n) is 3.55. The molecule has 2 nitrogen and oxygen atoms in total. The van der Waals surface area contributed by atoms with Crippen molar-refractivity contribution in [2.75, 3.05) is 38.6 Å². The van der Waals surface area contributed by atoms with Gasteiger partial charge in [0.1, 0.15) is 0 Å². The van der Waals surface area contributed by atoms with Crippen molar-refractivity contribution in [1.82, 2.24) is 10.2 Å². The molecule has 0 aromatic heterocycles. The van der Waals surface area contributed by atoms with Crippen LogP contribution in [0.3, 0.4) is 0 Å². The first-order valence-electron chi connectivity index (χ1n) is 6.85. The van der Waals surface area contributed by atoms with Crippen molar-refractivity contribution >= 4 is 11.6 Å². The molecule has 0 amide bonds. The van der Waals surface area contributed by atoms with E-state index in [1.165, 1.54) is 45.3 Å². The van der Waals surface area contributed by atoms with Gasteiger partial charge in [0.05, 0.1) is 0 Å². The van der Waals surface area contributed by atoms with Gasteiger partial charge in [-0.3, -0.25) is 0 Å². The lowest BCUT2D eigenvalue weighted by Crippen LogP contribution is -2.28. The van der Waals surface area contributed by atoms with Crippen LogP contribution in [0.2, 0.25) is 0 Å². The van der Waals surface area contributed by atoms with E-state index in [2.05, 4.69) is 17.1 Å². The Labute approximate surface area is 106 Å². The maximum Gasteiger partial charge on any atom is 0.0226 e. The molecule has 1 saturated heterocycles. The second kappa shape index (κ2) is 9.26. The summed E-state index contributed by atoms with van der Waals surface area (Å²) in [5, 5.41) is 3.56. The third-order valence-corrected chi connectivity index (χ3v) is 3.77. The summed E-state index contributed by atoms with van der Waals surface area (Å²) in [5.41, 5.74) is 0. The number of hydrogen-bond donors (Lipinski definition) is 1. The van der Waals surface area contributed by atoms with E-state index in [1.807, 2.05) is 0 Å². The lowest BCUT2D eigenvalue weighted by molar-refractivity contribution is 0.328. The van der Waals surface area contributed by atoms with Crippen molar-refractivity contribution in [3.05, 3.63) is 0 Å². The number of nitrogens with one attached hydrogen (secondary N) is 1. The van der Waals surface area contributed by atoms with Crippen molar-refractivity contribution in [2.24, 2.45) is 5.92 Å². The van der Waals surface area contributed by atoms with Crippen LogP contribution >= 0.6 is 11.6 Å². The first-order valence-corrected chi connectivity index (χ1v) is 7.39. The number of alkyl halides is 1. The minimum absolute atomic E-state index is 0.768. The highest BCUT2D eigenvalue weighted by Gasteiger charge is 2.10. The highest BCUT2D eigenvalue weighted by molar-refractivity contribution is 6.17. The fourth-order valence-corrected chi connectivity index (χ4v) is 2.65. The number of rotatable bonds is 9. The Bertz CT molecular complexity index is 158. The molecule has 16 heavy (non-hydrogen) atoms. The summed E-state index contributed by atoms with van der Waals surface area (Å²) < 4.78 is 0.